The average Bonchev–Trinajstić information content (AvgIpc) is 2.81. The van der Waals surface area contributed by atoms with Crippen LogP contribution < -0.4 is 14.4 Å². The Kier molecular flexibility index (Phi) is 9.79. The quantitative estimate of drug-likeness (QED) is 0.333. The Balaban J connectivity index is 2.57. The van der Waals surface area contributed by atoms with E-state index in [1.165, 1.54) is 42.3 Å². The highest BCUT2D eigenvalue weighted by atomic mass is 32.2. The Hall–Kier alpha value is -3.74. The number of rotatable bonds is 11. The number of amides is 2. The van der Waals surface area contributed by atoms with E-state index in [0.717, 1.165) is 18.4 Å². The number of methoxy groups -OCH3 is 1. The number of sulfonamides is 1. The molecule has 0 saturated heterocycles. The van der Waals surface area contributed by atoms with E-state index >= 15 is 0 Å². The SMILES string of the molecule is CC[C@H](C(=O)NC(C)(C)C)N(Cc1ccc(F)cc1)C(=O)CN(c1cc([N+](=O)[O-])ccc1OC)S(C)(=O)=O. The fraction of sp³-hybridized carbons (Fsp3) is 0.440. The van der Waals surface area contributed by atoms with Crippen LogP contribution >= 0.6 is 0 Å². The molecule has 1 atom stereocenters. The molecule has 0 aromatic heterocycles. The van der Waals surface area contributed by atoms with E-state index in [9.17, 15) is 32.5 Å². The lowest BCUT2D eigenvalue weighted by Gasteiger charge is -2.34. The summed E-state index contributed by atoms with van der Waals surface area (Å²) in [5, 5.41) is 14.2. The van der Waals surface area contributed by atoms with Crippen LogP contribution in [0.5, 0.6) is 5.75 Å². The number of hydrogen-bond donors (Lipinski definition) is 1. The summed E-state index contributed by atoms with van der Waals surface area (Å²) in [7, 11) is -2.89. The van der Waals surface area contributed by atoms with Gasteiger partial charge in [0.25, 0.3) is 5.69 Å². The molecule has 0 unspecified atom stereocenters. The molecule has 0 radical (unpaired) electrons. The van der Waals surface area contributed by atoms with E-state index < -0.39 is 56.4 Å². The number of anilines is 1. The molecule has 0 bridgehead atoms. The van der Waals surface area contributed by atoms with Gasteiger partial charge >= 0.3 is 0 Å². The number of carbonyl (C=O) groups is 2. The summed E-state index contributed by atoms with van der Waals surface area (Å²) in [4.78, 5) is 38.8. The number of nitrogens with one attached hydrogen (secondary N) is 1. The summed E-state index contributed by atoms with van der Waals surface area (Å²) in [5.74, 6) is -1.68. The predicted octanol–water partition coefficient (Wildman–Crippen LogP) is 3.23. The Morgan fingerprint density at radius 2 is 1.76 bits per heavy atom. The van der Waals surface area contributed by atoms with Crippen LogP contribution in [0.4, 0.5) is 15.8 Å². The molecule has 0 fully saturated rings. The number of halogens is 1. The first-order valence-corrected chi connectivity index (χ1v) is 13.6. The molecule has 1 N–H and O–H groups in total. The minimum atomic E-state index is -4.15. The summed E-state index contributed by atoms with van der Waals surface area (Å²) < 4.78 is 45.0. The zero-order chi connectivity index (χ0) is 28.8. The van der Waals surface area contributed by atoms with Gasteiger partial charge in [-0.25, -0.2) is 12.8 Å². The van der Waals surface area contributed by atoms with Crippen molar-refractivity contribution in [2.24, 2.45) is 0 Å². The Bertz CT molecular complexity index is 1280. The highest BCUT2D eigenvalue weighted by Gasteiger charge is 2.34. The Labute approximate surface area is 221 Å². The largest absolute Gasteiger partial charge is 0.495 e. The third-order valence-electron chi connectivity index (χ3n) is 5.47. The van der Waals surface area contributed by atoms with Crippen LogP contribution in [0.1, 0.15) is 39.7 Å². The number of carbonyl (C=O) groups excluding carboxylic acids is 2. The number of nitro benzene ring substituents is 1. The smallest absolute Gasteiger partial charge is 0.271 e. The molecule has 2 aromatic carbocycles. The second-order valence-electron chi connectivity index (χ2n) is 9.69. The zero-order valence-corrected chi connectivity index (χ0v) is 23.0. The third kappa shape index (κ3) is 8.13. The van der Waals surface area contributed by atoms with Crippen LogP contribution in [0.15, 0.2) is 42.5 Å². The van der Waals surface area contributed by atoms with Gasteiger partial charge in [0, 0.05) is 24.2 Å². The van der Waals surface area contributed by atoms with E-state index in [0.29, 0.717) is 9.87 Å². The van der Waals surface area contributed by atoms with Gasteiger partial charge in [-0.2, -0.15) is 0 Å². The van der Waals surface area contributed by atoms with Crippen molar-refractivity contribution in [1.82, 2.24) is 10.2 Å². The normalized spacial score (nSPS) is 12.4. The predicted molar refractivity (Wildman–Crippen MR) is 141 cm³/mol. The molecular formula is C25H33FN4O7S. The standard InChI is InChI=1S/C25H33FN4O7S/c1-7-20(24(32)27-25(2,3)4)28(15-17-8-10-18(26)11-9-17)23(31)16-29(38(6,35)36)21-14-19(30(33)34)12-13-22(21)37-5/h8-14,20H,7,15-16H2,1-6H3,(H,27,32)/t20-/m1/s1. The van der Waals surface area contributed by atoms with Gasteiger partial charge in [0.15, 0.2) is 0 Å². The molecule has 2 rings (SSSR count). The lowest BCUT2D eigenvalue weighted by molar-refractivity contribution is -0.384. The molecule has 2 aromatic rings. The van der Waals surface area contributed by atoms with E-state index in [1.807, 2.05) is 0 Å². The lowest BCUT2D eigenvalue weighted by Crippen LogP contribution is -2.55. The molecule has 0 aliphatic carbocycles. The first-order chi connectivity index (χ1) is 17.6. The third-order valence-corrected chi connectivity index (χ3v) is 6.60. The molecule has 11 nitrogen and oxygen atoms in total. The fourth-order valence-corrected chi connectivity index (χ4v) is 4.59. The maximum Gasteiger partial charge on any atom is 0.271 e. The van der Waals surface area contributed by atoms with Crippen LogP contribution in [0.25, 0.3) is 0 Å². The molecule has 0 spiro atoms. The van der Waals surface area contributed by atoms with E-state index in [1.54, 1.807) is 27.7 Å². The van der Waals surface area contributed by atoms with Crippen LogP contribution in [0.3, 0.4) is 0 Å². The molecule has 208 valence electrons. The number of ether oxygens (including phenoxy) is 1. The van der Waals surface area contributed by atoms with Crippen molar-refractivity contribution in [3.8, 4) is 5.75 Å². The van der Waals surface area contributed by atoms with Crippen molar-refractivity contribution in [3.05, 3.63) is 64.0 Å². The van der Waals surface area contributed by atoms with Gasteiger partial charge < -0.3 is 15.0 Å². The Morgan fingerprint density at radius 3 is 2.24 bits per heavy atom. The molecule has 38 heavy (non-hydrogen) atoms. The molecule has 2 amide bonds. The highest BCUT2D eigenvalue weighted by Crippen LogP contribution is 2.34. The highest BCUT2D eigenvalue weighted by molar-refractivity contribution is 7.92. The monoisotopic (exact) mass is 552 g/mol. The summed E-state index contributed by atoms with van der Waals surface area (Å²) in [6.45, 7) is 6.17. The molecule has 0 aliphatic rings. The van der Waals surface area contributed by atoms with Crippen LogP contribution in [-0.4, -0.2) is 61.5 Å². The topological polar surface area (TPSA) is 139 Å². The van der Waals surface area contributed by atoms with Gasteiger partial charge in [0.1, 0.15) is 29.8 Å². The summed E-state index contributed by atoms with van der Waals surface area (Å²) >= 11 is 0. The molecule has 0 aliphatic heterocycles. The molecular weight excluding hydrogens is 519 g/mol. The maximum atomic E-state index is 13.7. The van der Waals surface area contributed by atoms with Crippen molar-refractivity contribution in [2.45, 2.75) is 52.2 Å². The molecule has 0 heterocycles. The van der Waals surface area contributed by atoms with Gasteiger partial charge in [0.2, 0.25) is 21.8 Å². The first-order valence-electron chi connectivity index (χ1n) is 11.7. The number of non-ortho nitro benzene ring substituents is 1. The second kappa shape index (κ2) is 12.2. The minimum Gasteiger partial charge on any atom is -0.495 e. The Morgan fingerprint density at radius 1 is 1.16 bits per heavy atom. The number of nitro groups is 1. The lowest BCUT2D eigenvalue weighted by atomic mass is 10.1. The maximum absolute atomic E-state index is 13.7. The fourth-order valence-electron chi connectivity index (χ4n) is 3.74. The van der Waals surface area contributed by atoms with Gasteiger partial charge in [-0.15, -0.1) is 0 Å². The van der Waals surface area contributed by atoms with Crippen molar-refractivity contribution in [2.75, 3.05) is 24.2 Å². The van der Waals surface area contributed by atoms with Crippen molar-refractivity contribution < 1.29 is 32.1 Å². The van der Waals surface area contributed by atoms with E-state index in [2.05, 4.69) is 5.32 Å². The first kappa shape index (κ1) is 30.5. The molecule has 13 heteroatoms. The van der Waals surface area contributed by atoms with Crippen molar-refractivity contribution in [3.63, 3.8) is 0 Å². The van der Waals surface area contributed by atoms with Crippen LogP contribution in [0, 0.1) is 15.9 Å². The van der Waals surface area contributed by atoms with Crippen molar-refractivity contribution in [1.29, 1.82) is 0 Å². The summed E-state index contributed by atoms with van der Waals surface area (Å²) in [6, 6.07) is 7.74. The number of benzene rings is 2. The van der Waals surface area contributed by atoms with Crippen molar-refractivity contribution >= 4 is 33.2 Å². The van der Waals surface area contributed by atoms with Crippen LogP contribution in [0.2, 0.25) is 0 Å². The average molecular weight is 553 g/mol. The summed E-state index contributed by atoms with van der Waals surface area (Å²) in [6.07, 6.45) is 1.06. The zero-order valence-electron chi connectivity index (χ0n) is 22.2. The van der Waals surface area contributed by atoms with Gasteiger partial charge in [-0.1, -0.05) is 19.1 Å². The molecule has 0 saturated carbocycles. The van der Waals surface area contributed by atoms with Gasteiger partial charge in [-0.3, -0.25) is 24.0 Å². The van der Waals surface area contributed by atoms with Gasteiger partial charge in [0.05, 0.1) is 18.3 Å². The second-order valence-corrected chi connectivity index (χ2v) is 11.6. The van der Waals surface area contributed by atoms with E-state index in [4.69, 9.17) is 4.74 Å². The van der Waals surface area contributed by atoms with Crippen LogP contribution in [-0.2, 0) is 26.2 Å². The number of hydrogen-bond acceptors (Lipinski definition) is 7. The number of nitrogens with zero attached hydrogens (tertiary/aromatic N) is 3. The minimum absolute atomic E-state index is 0.00331. The summed E-state index contributed by atoms with van der Waals surface area (Å²) in [5.41, 5.74) is -0.697. The van der Waals surface area contributed by atoms with Gasteiger partial charge in [-0.05, 0) is 51.0 Å². The van der Waals surface area contributed by atoms with E-state index in [-0.39, 0.29) is 24.4 Å².